The number of aliphatic hydroxyl groups is 1. The zero-order valence-electron chi connectivity index (χ0n) is 37.8. The number of rotatable bonds is 47. The van der Waals surface area contributed by atoms with E-state index in [4.69, 9.17) is 9.84 Å². The molecule has 0 unspecified atom stereocenters. The molecule has 0 aromatic rings. The van der Waals surface area contributed by atoms with Crippen molar-refractivity contribution >= 4 is 11.9 Å². The molecule has 0 aliphatic carbocycles. The molecule has 0 radical (unpaired) electrons. The third kappa shape index (κ3) is 48.7. The van der Waals surface area contributed by atoms with Crippen molar-refractivity contribution in [1.82, 2.24) is 0 Å². The van der Waals surface area contributed by atoms with E-state index < -0.39 is 5.97 Å². The van der Waals surface area contributed by atoms with E-state index in [0.29, 0.717) is 13.0 Å². The molecule has 0 fully saturated rings. The summed E-state index contributed by atoms with van der Waals surface area (Å²) in [5.74, 6) is -0.894. The second-order valence-corrected chi connectivity index (χ2v) is 17.3. The minimum atomic E-state index is -0.509. The summed E-state index contributed by atoms with van der Waals surface area (Å²) >= 11 is 0. The lowest BCUT2D eigenvalue weighted by molar-refractivity contribution is -0.156. The molecule has 4 heteroatoms. The Balaban J connectivity index is 3.28. The van der Waals surface area contributed by atoms with Crippen LogP contribution in [-0.4, -0.2) is 23.7 Å². The highest BCUT2D eigenvalue weighted by molar-refractivity contribution is 5.91. The lowest BCUT2D eigenvalue weighted by Crippen LogP contribution is -2.09. The Morgan fingerprint density at radius 3 is 0.946 bits per heavy atom. The van der Waals surface area contributed by atoms with Gasteiger partial charge in [0.25, 0.3) is 0 Å². The van der Waals surface area contributed by atoms with E-state index in [-0.39, 0.29) is 5.97 Å². The summed E-state index contributed by atoms with van der Waals surface area (Å²) in [4.78, 5) is 23.9. The first-order valence-corrected chi connectivity index (χ1v) is 25.4. The second kappa shape index (κ2) is 49.7. The fourth-order valence-electron chi connectivity index (χ4n) is 7.86. The monoisotopic (exact) mass is 787 g/mol. The summed E-state index contributed by atoms with van der Waals surface area (Å²) in [6.07, 6.45) is 64.9. The Hall–Kier alpha value is -1.42. The fraction of sp³-hybridized carbons (Fsp3) is 0.885. The number of esters is 2. The van der Waals surface area contributed by atoms with Crippen molar-refractivity contribution < 1.29 is 19.4 Å². The van der Waals surface area contributed by atoms with Gasteiger partial charge in [-0.25, -0.2) is 4.79 Å². The molecule has 0 rings (SSSR count). The van der Waals surface area contributed by atoms with Gasteiger partial charge in [-0.15, -0.1) is 0 Å². The van der Waals surface area contributed by atoms with Gasteiger partial charge in [0.15, 0.2) is 0 Å². The SMILES string of the molecule is CCCCCCCC/C=C\CCCCCCCC(=O)OC(=O)C=CCCCCCCCCCCCCCCCCCCCCCCCCCCCCCCCO. The topological polar surface area (TPSA) is 63.6 Å². The molecule has 0 atom stereocenters. The first-order chi connectivity index (χ1) is 27.7. The summed E-state index contributed by atoms with van der Waals surface area (Å²) in [6, 6.07) is 0. The maximum absolute atomic E-state index is 12.0. The fourth-order valence-corrected chi connectivity index (χ4v) is 7.86. The van der Waals surface area contributed by atoms with Crippen LogP contribution in [0.4, 0.5) is 0 Å². The molecule has 0 aromatic heterocycles. The van der Waals surface area contributed by atoms with Gasteiger partial charge in [0, 0.05) is 19.1 Å². The summed E-state index contributed by atoms with van der Waals surface area (Å²) in [5, 5.41) is 8.81. The number of hydrogen-bond donors (Lipinski definition) is 1. The Bertz CT molecular complexity index is 833. The second-order valence-electron chi connectivity index (χ2n) is 17.3. The van der Waals surface area contributed by atoms with Gasteiger partial charge in [-0.05, 0) is 51.4 Å². The third-order valence-corrected chi connectivity index (χ3v) is 11.6. The average Bonchev–Trinajstić information content (AvgIpc) is 3.19. The van der Waals surface area contributed by atoms with Crippen molar-refractivity contribution in [2.75, 3.05) is 6.61 Å². The predicted molar refractivity (Wildman–Crippen MR) is 245 cm³/mol. The van der Waals surface area contributed by atoms with E-state index in [1.165, 1.54) is 237 Å². The molecule has 0 spiro atoms. The molecule has 56 heavy (non-hydrogen) atoms. The quantitative estimate of drug-likeness (QED) is 0.0219. The highest BCUT2D eigenvalue weighted by Crippen LogP contribution is 2.17. The van der Waals surface area contributed by atoms with E-state index in [0.717, 1.165) is 44.9 Å². The van der Waals surface area contributed by atoms with Gasteiger partial charge in [-0.1, -0.05) is 250 Å². The van der Waals surface area contributed by atoms with E-state index in [1.807, 2.05) is 6.08 Å². The van der Waals surface area contributed by atoms with Crippen LogP contribution < -0.4 is 0 Å². The van der Waals surface area contributed by atoms with E-state index in [9.17, 15) is 9.59 Å². The zero-order valence-corrected chi connectivity index (χ0v) is 37.8. The van der Waals surface area contributed by atoms with Gasteiger partial charge >= 0.3 is 11.9 Å². The van der Waals surface area contributed by atoms with Crippen LogP contribution in [0, 0.1) is 0 Å². The minimum Gasteiger partial charge on any atom is -0.396 e. The number of carbonyl (C=O) groups excluding carboxylic acids is 2. The van der Waals surface area contributed by atoms with Crippen LogP contribution >= 0.6 is 0 Å². The van der Waals surface area contributed by atoms with Crippen molar-refractivity contribution in [3.8, 4) is 0 Å². The molecule has 0 amide bonds. The molecule has 0 bridgehead atoms. The van der Waals surface area contributed by atoms with Crippen LogP contribution in [0.15, 0.2) is 24.3 Å². The van der Waals surface area contributed by atoms with Crippen molar-refractivity contribution in [2.24, 2.45) is 0 Å². The van der Waals surface area contributed by atoms with Crippen LogP contribution in [0.2, 0.25) is 0 Å². The number of hydrogen-bond acceptors (Lipinski definition) is 4. The van der Waals surface area contributed by atoms with Crippen LogP contribution in [0.25, 0.3) is 0 Å². The van der Waals surface area contributed by atoms with Crippen molar-refractivity contribution in [3.63, 3.8) is 0 Å². The van der Waals surface area contributed by atoms with Gasteiger partial charge in [-0.2, -0.15) is 0 Å². The van der Waals surface area contributed by atoms with Gasteiger partial charge < -0.3 is 9.84 Å². The number of allylic oxidation sites excluding steroid dienone is 3. The molecule has 4 nitrogen and oxygen atoms in total. The molecule has 330 valence electrons. The maximum Gasteiger partial charge on any atom is 0.338 e. The lowest BCUT2D eigenvalue weighted by Gasteiger charge is -2.04. The van der Waals surface area contributed by atoms with Crippen LogP contribution in [0.1, 0.15) is 289 Å². The zero-order chi connectivity index (χ0) is 40.5. The Morgan fingerprint density at radius 1 is 0.357 bits per heavy atom. The summed E-state index contributed by atoms with van der Waals surface area (Å²) in [5.41, 5.74) is 0. The molecular weight excluding hydrogens is 689 g/mol. The van der Waals surface area contributed by atoms with Gasteiger partial charge in [0.2, 0.25) is 0 Å². The third-order valence-electron chi connectivity index (χ3n) is 11.6. The first kappa shape index (κ1) is 54.6. The Labute approximate surface area is 350 Å². The average molecular weight is 787 g/mol. The molecule has 0 aromatic carbocycles. The predicted octanol–water partition coefficient (Wildman–Crippen LogP) is 17.3. The highest BCUT2D eigenvalue weighted by Gasteiger charge is 2.07. The van der Waals surface area contributed by atoms with E-state index >= 15 is 0 Å². The van der Waals surface area contributed by atoms with Crippen LogP contribution in [0.3, 0.4) is 0 Å². The van der Waals surface area contributed by atoms with E-state index in [1.54, 1.807) is 0 Å². The highest BCUT2D eigenvalue weighted by atomic mass is 16.6. The van der Waals surface area contributed by atoms with Gasteiger partial charge in [-0.3, -0.25) is 4.79 Å². The smallest absolute Gasteiger partial charge is 0.338 e. The summed E-state index contributed by atoms with van der Waals surface area (Å²) in [6.45, 7) is 2.63. The Kier molecular flexibility index (Phi) is 48.5. The van der Waals surface area contributed by atoms with E-state index in [2.05, 4.69) is 19.1 Å². The molecule has 0 saturated heterocycles. The minimum absolute atomic E-state index is 0.342. The normalized spacial score (nSPS) is 11.8. The standard InChI is InChI=1S/C52H98O4/c1-2-3-4-5-6-7-8-9-27-30-33-36-39-42-45-48-51(54)56-52(55)49-46-43-40-37-34-31-28-25-23-21-19-17-15-13-11-10-12-14-16-18-20-22-24-26-29-32-35-38-41-44-47-50-53/h9,27,46,49,53H,2-8,10-26,28-45,47-48,50H2,1H3/b27-9-,49-46?. The number of ether oxygens (including phenoxy) is 1. The van der Waals surface area contributed by atoms with Crippen molar-refractivity contribution in [3.05, 3.63) is 24.3 Å². The molecule has 0 aliphatic rings. The summed E-state index contributed by atoms with van der Waals surface area (Å²) in [7, 11) is 0. The van der Waals surface area contributed by atoms with Crippen LogP contribution in [-0.2, 0) is 14.3 Å². The maximum atomic E-state index is 12.0. The van der Waals surface area contributed by atoms with Gasteiger partial charge in [0.05, 0.1) is 0 Å². The van der Waals surface area contributed by atoms with Crippen LogP contribution in [0.5, 0.6) is 0 Å². The number of unbranched alkanes of at least 4 members (excludes halogenated alkanes) is 40. The number of carbonyl (C=O) groups is 2. The van der Waals surface area contributed by atoms with Gasteiger partial charge in [0.1, 0.15) is 0 Å². The molecule has 0 heterocycles. The molecule has 1 N–H and O–H groups in total. The summed E-state index contributed by atoms with van der Waals surface area (Å²) < 4.78 is 4.96. The Morgan fingerprint density at radius 2 is 0.625 bits per heavy atom. The largest absolute Gasteiger partial charge is 0.396 e. The van der Waals surface area contributed by atoms with Crippen molar-refractivity contribution in [2.45, 2.75) is 289 Å². The number of aliphatic hydroxyl groups excluding tert-OH is 1. The first-order valence-electron chi connectivity index (χ1n) is 25.4. The lowest BCUT2D eigenvalue weighted by atomic mass is 10.0. The molecule has 0 aliphatic heterocycles. The van der Waals surface area contributed by atoms with Crippen molar-refractivity contribution in [1.29, 1.82) is 0 Å². The molecule has 0 saturated carbocycles. The molecular formula is C52H98O4.